The van der Waals surface area contributed by atoms with Gasteiger partial charge < -0.3 is 10.2 Å². The SMILES string of the molecule is CCCCC1Nc2ccccc2N1CCC. The molecule has 1 N–H and O–H groups in total. The third-order valence-electron chi connectivity index (χ3n) is 3.21. The van der Waals surface area contributed by atoms with Crippen molar-refractivity contribution in [3.63, 3.8) is 0 Å². The fourth-order valence-electron chi connectivity index (χ4n) is 2.41. The average Bonchev–Trinajstić information content (AvgIpc) is 2.66. The second-order valence-electron chi connectivity index (χ2n) is 4.51. The van der Waals surface area contributed by atoms with Crippen LogP contribution >= 0.6 is 0 Å². The highest BCUT2D eigenvalue weighted by Crippen LogP contribution is 2.35. The summed E-state index contributed by atoms with van der Waals surface area (Å²) >= 11 is 0. The molecule has 1 aromatic carbocycles. The monoisotopic (exact) mass is 218 g/mol. The maximum absolute atomic E-state index is 3.63. The average molecular weight is 218 g/mol. The van der Waals surface area contributed by atoms with Crippen molar-refractivity contribution in [3.05, 3.63) is 24.3 Å². The first-order valence-electron chi connectivity index (χ1n) is 6.49. The first kappa shape index (κ1) is 11.3. The summed E-state index contributed by atoms with van der Waals surface area (Å²) in [5, 5.41) is 3.63. The summed E-state index contributed by atoms with van der Waals surface area (Å²) in [5.41, 5.74) is 2.68. The van der Waals surface area contributed by atoms with Crippen molar-refractivity contribution in [1.29, 1.82) is 0 Å². The lowest BCUT2D eigenvalue weighted by molar-refractivity contribution is 0.582. The van der Waals surface area contributed by atoms with Crippen LogP contribution in [0.5, 0.6) is 0 Å². The highest BCUT2D eigenvalue weighted by atomic mass is 15.3. The second-order valence-corrected chi connectivity index (χ2v) is 4.51. The Hall–Kier alpha value is -1.18. The molecule has 1 unspecified atom stereocenters. The lowest BCUT2D eigenvalue weighted by Crippen LogP contribution is -2.36. The Bertz CT molecular complexity index is 335. The number of hydrogen-bond donors (Lipinski definition) is 1. The highest BCUT2D eigenvalue weighted by molar-refractivity contribution is 5.75. The van der Waals surface area contributed by atoms with Crippen LogP contribution in [0.2, 0.25) is 0 Å². The molecule has 0 bridgehead atoms. The summed E-state index contributed by atoms with van der Waals surface area (Å²) < 4.78 is 0. The Morgan fingerprint density at radius 3 is 2.75 bits per heavy atom. The summed E-state index contributed by atoms with van der Waals surface area (Å²) in [4.78, 5) is 2.52. The molecule has 2 nitrogen and oxygen atoms in total. The van der Waals surface area contributed by atoms with Crippen LogP contribution in [0.25, 0.3) is 0 Å². The molecule has 2 heteroatoms. The second kappa shape index (κ2) is 5.24. The van der Waals surface area contributed by atoms with E-state index in [0.717, 1.165) is 6.54 Å². The van der Waals surface area contributed by atoms with E-state index in [9.17, 15) is 0 Å². The summed E-state index contributed by atoms with van der Waals surface area (Å²) in [7, 11) is 0. The molecule has 1 aromatic rings. The predicted molar refractivity (Wildman–Crippen MR) is 71.0 cm³/mol. The van der Waals surface area contributed by atoms with Crippen molar-refractivity contribution >= 4 is 11.4 Å². The van der Waals surface area contributed by atoms with Crippen LogP contribution in [-0.4, -0.2) is 12.7 Å². The molecule has 1 aliphatic rings. The molecular weight excluding hydrogens is 196 g/mol. The molecule has 88 valence electrons. The van der Waals surface area contributed by atoms with Crippen molar-refractivity contribution < 1.29 is 0 Å². The molecule has 0 aromatic heterocycles. The van der Waals surface area contributed by atoms with E-state index in [1.165, 1.54) is 37.1 Å². The lowest BCUT2D eigenvalue weighted by Gasteiger charge is -2.26. The van der Waals surface area contributed by atoms with Crippen LogP contribution in [0.3, 0.4) is 0 Å². The minimum absolute atomic E-state index is 0.511. The minimum atomic E-state index is 0.511. The van der Waals surface area contributed by atoms with Gasteiger partial charge in [0.25, 0.3) is 0 Å². The quantitative estimate of drug-likeness (QED) is 0.807. The van der Waals surface area contributed by atoms with Gasteiger partial charge >= 0.3 is 0 Å². The van der Waals surface area contributed by atoms with Gasteiger partial charge in [-0.1, -0.05) is 32.4 Å². The zero-order chi connectivity index (χ0) is 11.4. The predicted octanol–water partition coefficient (Wildman–Crippen LogP) is 3.84. The number of benzene rings is 1. The van der Waals surface area contributed by atoms with Gasteiger partial charge in [-0.2, -0.15) is 0 Å². The van der Waals surface area contributed by atoms with Crippen molar-refractivity contribution in [2.24, 2.45) is 0 Å². The van der Waals surface area contributed by atoms with Gasteiger partial charge in [0.2, 0.25) is 0 Å². The molecule has 0 saturated heterocycles. The molecule has 1 heterocycles. The Morgan fingerprint density at radius 2 is 2.00 bits per heavy atom. The van der Waals surface area contributed by atoms with Crippen molar-refractivity contribution in [3.8, 4) is 0 Å². The topological polar surface area (TPSA) is 15.3 Å². The molecule has 0 spiro atoms. The van der Waals surface area contributed by atoms with E-state index < -0.39 is 0 Å². The van der Waals surface area contributed by atoms with Crippen LogP contribution in [0.1, 0.15) is 39.5 Å². The van der Waals surface area contributed by atoms with Crippen LogP contribution < -0.4 is 10.2 Å². The van der Waals surface area contributed by atoms with Gasteiger partial charge in [0.15, 0.2) is 0 Å². The third kappa shape index (κ3) is 2.16. The Balaban J connectivity index is 2.13. The van der Waals surface area contributed by atoms with E-state index in [2.05, 4.69) is 48.3 Å². The number of para-hydroxylation sites is 2. The van der Waals surface area contributed by atoms with Gasteiger partial charge in [0.05, 0.1) is 17.5 Å². The summed E-state index contributed by atoms with van der Waals surface area (Å²) in [6.07, 6.45) is 5.53. The van der Waals surface area contributed by atoms with Gasteiger partial charge in [-0.25, -0.2) is 0 Å². The molecule has 16 heavy (non-hydrogen) atoms. The zero-order valence-corrected chi connectivity index (χ0v) is 10.4. The molecule has 0 amide bonds. The molecule has 0 radical (unpaired) electrons. The first-order valence-corrected chi connectivity index (χ1v) is 6.49. The van der Waals surface area contributed by atoms with Gasteiger partial charge in [-0.05, 0) is 31.4 Å². The van der Waals surface area contributed by atoms with E-state index in [0.29, 0.717) is 6.17 Å². The zero-order valence-electron chi connectivity index (χ0n) is 10.4. The molecule has 0 aliphatic carbocycles. The molecule has 1 aliphatic heterocycles. The smallest absolute Gasteiger partial charge is 0.0990 e. The van der Waals surface area contributed by atoms with Crippen LogP contribution in [0.15, 0.2) is 24.3 Å². The summed E-state index contributed by atoms with van der Waals surface area (Å²) in [6, 6.07) is 8.65. The number of rotatable bonds is 5. The number of nitrogens with zero attached hydrogens (tertiary/aromatic N) is 1. The van der Waals surface area contributed by atoms with E-state index in [1.807, 2.05) is 0 Å². The lowest BCUT2D eigenvalue weighted by atomic mass is 10.2. The highest BCUT2D eigenvalue weighted by Gasteiger charge is 2.26. The molecule has 0 fully saturated rings. The van der Waals surface area contributed by atoms with E-state index in [1.54, 1.807) is 0 Å². The van der Waals surface area contributed by atoms with Crippen LogP contribution in [0, 0.1) is 0 Å². The van der Waals surface area contributed by atoms with Crippen molar-refractivity contribution in [2.45, 2.75) is 45.7 Å². The maximum Gasteiger partial charge on any atom is 0.0990 e. The third-order valence-corrected chi connectivity index (χ3v) is 3.21. The molecule has 0 saturated carbocycles. The van der Waals surface area contributed by atoms with Gasteiger partial charge in [-0.3, -0.25) is 0 Å². The van der Waals surface area contributed by atoms with Crippen LogP contribution in [-0.2, 0) is 0 Å². The van der Waals surface area contributed by atoms with E-state index in [4.69, 9.17) is 0 Å². The minimum Gasteiger partial charge on any atom is -0.364 e. The normalized spacial score (nSPS) is 18.4. The van der Waals surface area contributed by atoms with E-state index in [-0.39, 0.29) is 0 Å². The Labute approximate surface area is 98.7 Å². The Morgan fingerprint density at radius 1 is 1.19 bits per heavy atom. The number of fused-ring (bicyclic) bond motifs is 1. The van der Waals surface area contributed by atoms with Crippen molar-refractivity contribution in [1.82, 2.24) is 0 Å². The molecule has 1 atom stereocenters. The summed E-state index contributed by atoms with van der Waals surface area (Å²) in [5.74, 6) is 0. The molecular formula is C14H22N2. The largest absolute Gasteiger partial charge is 0.364 e. The summed E-state index contributed by atoms with van der Waals surface area (Å²) in [6.45, 7) is 5.66. The van der Waals surface area contributed by atoms with Crippen molar-refractivity contribution in [2.75, 3.05) is 16.8 Å². The number of hydrogen-bond acceptors (Lipinski definition) is 2. The number of unbranched alkanes of at least 4 members (excludes halogenated alkanes) is 1. The standard InChI is InChI=1S/C14H22N2/c1-3-5-10-14-15-12-8-6-7-9-13(12)16(14)11-4-2/h6-9,14-15H,3-5,10-11H2,1-2H3. The maximum atomic E-state index is 3.63. The number of anilines is 2. The van der Waals surface area contributed by atoms with Gasteiger partial charge in [0.1, 0.15) is 0 Å². The number of nitrogens with one attached hydrogen (secondary N) is 1. The van der Waals surface area contributed by atoms with E-state index >= 15 is 0 Å². The first-order chi connectivity index (χ1) is 7.86. The molecule has 2 rings (SSSR count). The van der Waals surface area contributed by atoms with Gasteiger partial charge in [-0.15, -0.1) is 0 Å². The Kier molecular flexibility index (Phi) is 3.70. The fraction of sp³-hybridized carbons (Fsp3) is 0.571. The fourth-order valence-corrected chi connectivity index (χ4v) is 2.41. The van der Waals surface area contributed by atoms with Gasteiger partial charge in [0, 0.05) is 6.54 Å². The van der Waals surface area contributed by atoms with Crippen LogP contribution in [0.4, 0.5) is 11.4 Å².